The Kier molecular flexibility index (Phi) is 16.5. The highest BCUT2D eigenvalue weighted by Gasteiger charge is 2.58. The molecule has 12 nitrogen and oxygen atoms in total. The highest BCUT2D eigenvalue weighted by molar-refractivity contribution is 8.57. The third kappa shape index (κ3) is 13.5. The van der Waals surface area contributed by atoms with Crippen molar-refractivity contribution in [2.75, 3.05) is 12.3 Å². The van der Waals surface area contributed by atoms with Crippen LogP contribution < -0.4 is 0 Å². The largest absolute Gasteiger partial charge is 0.355 e. The zero-order chi connectivity index (χ0) is 26.6. The van der Waals surface area contributed by atoms with Crippen LogP contribution in [0.1, 0.15) is 84.5 Å². The van der Waals surface area contributed by atoms with E-state index in [9.17, 15) is 52.5 Å². The average Bonchev–Trinajstić information content (AvgIpc) is 2.62. The molecule has 0 aromatic heterocycles. The first-order valence-corrected chi connectivity index (χ1v) is 19.7. The molecule has 7 N–H and O–H groups in total. The van der Waals surface area contributed by atoms with Crippen LogP contribution in [0.4, 0.5) is 0 Å². The van der Waals surface area contributed by atoms with Crippen molar-refractivity contribution < 1.29 is 52.5 Å². The van der Waals surface area contributed by atoms with E-state index >= 15 is 0 Å². The summed E-state index contributed by atoms with van der Waals surface area (Å²) in [4.78, 5) is 68.3. The molecule has 0 aliphatic carbocycles. The van der Waals surface area contributed by atoms with Gasteiger partial charge in [0.05, 0.1) is 0 Å². The summed E-state index contributed by atoms with van der Waals surface area (Å²) in [5, 5.41) is 0. The Morgan fingerprint density at radius 3 is 1.32 bits per heavy atom. The van der Waals surface area contributed by atoms with Crippen molar-refractivity contribution >= 4 is 40.7 Å². The van der Waals surface area contributed by atoms with Crippen molar-refractivity contribution in [1.82, 2.24) is 4.90 Å². The first-order valence-electron chi connectivity index (χ1n) is 11.4. The fourth-order valence-corrected chi connectivity index (χ4v) is 14.0. The fraction of sp³-hybridized carbons (Fsp3) is 1.00. The molecule has 0 saturated carbocycles. The van der Waals surface area contributed by atoms with Crippen molar-refractivity contribution in [1.29, 1.82) is 0 Å². The molecule has 0 aromatic carbocycles. The second-order valence-corrected chi connectivity index (χ2v) is 18.7. The molecule has 0 amide bonds. The van der Waals surface area contributed by atoms with Gasteiger partial charge in [-0.25, -0.2) is 0 Å². The highest BCUT2D eigenvalue weighted by Crippen LogP contribution is 2.74. The molecular weight excluding hydrogens is 550 g/mol. The van der Waals surface area contributed by atoms with Gasteiger partial charge in [0.1, 0.15) is 0 Å². The summed E-state index contributed by atoms with van der Waals surface area (Å²) in [7, 11) is -16.9. The van der Waals surface area contributed by atoms with Crippen molar-refractivity contribution in [3.05, 3.63) is 0 Å². The van der Waals surface area contributed by atoms with Crippen molar-refractivity contribution in [3.63, 3.8) is 0 Å². The molecule has 2 atom stereocenters. The van der Waals surface area contributed by atoms with E-state index in [1.807, 2.05) is 0 Å². The normalized spacial score (nSPS) is 16.2. The van der Waals surface area contributed by atoms with E-state index in [2.05, 4.69) is 6.92 Å². The first kappa shape index (κ1) is 35.0. The quantitative estimate of drug-likeness (QED) is 0.0760. The van der Waals surface area contributed by atoms with Crippen LogP contribution in [0.15, 0.2) is 0 Å². The minimum Gasteiger partial charge on any atom is -0.335 e. The van der Waals surface area contributed by atoms with Gasteiger partial charge in [-0.15, -0.1) is 0 Å². The van der Waals surface area contributed by atoms with Gasteiger partial charge in [-0.2, -0.15) is 0 Å². The Hall–Kier alpha value is 0.950. The minimum absolute atomic E-state index is 0.0455. The van der Waals surface area contributed by atoms with Crippen LogP contribution in [-0.2, 0) is 18.3 Å². The number of rotatable bonds is 20. The third-order valence-corrected chi connectivity index (χ3v) is 15.8. The molecule has 206 valence electrons. The lowest BCUT2D eigenvalue weighted by atomic mass is 10.1. The summed E-state index contributed by atoms with van der Waals surface area (Å²) in [5.74, 6) is 0.0528. The lowest BCUT2D eigenvalue weighted by molar-refractivity contribution is 0.213. The van der Waals surface area contributed by atoms with E-state index in [4.69, 9.17) is 0 Å². The number of hydrogen-bond donors (Lipinski definition) is 7. The Bertz CT molecular complexity index is 747. The Morgan fingerprint density at radius 2 is 0.971 bits per heavy atom. The van der Waals surface area contributed by atoms with Gasteiger partial charge in [0.2, 0.25) is 11.0 Å². The van der Waals surface area contributed by atoms with E-state index in [-0.39, 0.29) is 17.1 Å². The molecule has 0 aliphatic rings. The molecule has 34 heavy (non-hydrogen) atoms. The summed E-state index contributed by atoms with van der Waals surface area (Å²) in [6, 6.07) is 0. The summed E-state index contributed by atoms with van der Waals surface area (Å²) in [5.41, 5.74) is -5.62. The van der Waals surface area contributed by atoms with Crippen molar-refractivity contribution in [2.45, 2.75) is 95.5 Å². The third-order valence-electron chi connectivity index (χ3n) is 5.04. The minimum atomic E-state index is -5.65. The van der Waals surface area contributed by atoms with Gasteiger partial charge >= 0.3 is 22.8 Å². The maximum Gasteiger partial charge on any atom is 0.355 e. The van der Waals surface area contributed by atoms with Gasteiger partial charge in [-0.1, -0.05) is 83.0 Å². The van der Waals surface area contributed by atoms with E-state index in [1.54, 1.807) is 0 Å². The van der Waals surface area contributed by atoms with Gasteiger partial charge in [-0.3, -0.25) is 23.2 Å². The number of unbranched alkanes of at least 4 members (excludes halogenated alkanes) is 9. The average molecular weight is 591 g/mol. The smallest absolute Gasteiger partial charge is 0.335 e. The van der Waals surface area contributed by atoms with Gasteiger partial charge in [-0.05, 0) is 12.8 Å². The van der Waals surface area contributed by atoms with Gasteiger partial charge in [0, 0.05) is 12.3 Å². The topological polar surface area (TPSA) is 213 Å². The van der Waals surface area contributed by atoms with E-state index in [1.165, 1.54) is 32.6 Å². The van der Waals surface area contributed by atoms with Crippen LogP contribution in [0.25, 0.3) is 0 Å². The highest BCUT2D eigenvalue weighted by atomic mass is 32.7. The zero-order valence-electron chi connectivity index (χ0n) is 19.8. The van der Waals surface area contributed by atoms with Gasteiger partial charge in [0.15, 0.2) is 0 Å². The number of hydrogen-bond acceptors (Lipinski definition) is 6. The fourth-order valence-electron chi connectivity index (χ4n) is 3.61. The van der Waals surface area contributed by atoms with Crippen molar-refractivity contribution in [3.8, 4) is 0 Å². The molecule has 0 heterocycles. The molecule has 0 aromatic rings. The second kappa shape index (κ2) is 16.0. The molecular formula is C17H41NO11P4S. The molecule has 17 heteroatoms. The van der Waals surface area contributed by atoms with Crippen LogP contribution in [0, 0.1) is 0 Å². The summed E-state index contributed by atoms with van der Waals surface area (Å²) in [6.45, 7) is -1.93. The predicted molar refractivity (Wildman–Crippen MR) is 135 cm³/mol. The SMILES string of the molecule is CCCCCCCCCCCCSP(=O)(O)C(N(CCC)C(P(=O)(O)O)P(=O)(O)O)P(=O)(O)O. The Morgan fingerprint density at radius 1 is 0.588 bits per heavy atom. The zero-order valence-corrected chi connectivity index (χ0v) is 24.1. The molecule has 0 radical (unpaired) electrons. The van der Waals surface area contributed by atoms with Gasteiger partial charge in [0.25, 0.3) is 6.57 Å². The van der Waals surface area contributed by atoms with E-state index in [0.717, 1.165) is 32.1 Å². The van der Waals surface area contributed by atoms with Gasteiger partial charge < -0.3 is 34.3 Å². The standard InChI is InChI=1S/C17H41NO11P4S/c1-3-5-6-7-8-9-10-11-12-13-15-34-33(28,29)17(32(25,26)27)18(14-4-2)16(30(19,20)21)31(22,23)24/h16-17H,3-15H2,1-2H3,(H,28,29)(H2,19,20,21)(H2,22,23,24)(H2,25,26,27). The molecule has 0 saturated heterocycles. The molecule has 0 spiro atoms. The molecule has 2 unspecified atom stereocenters. The molecule has 0 bridgehead atoms. The van der Waals surface area contributed by atoms with E-state index in [0.29, 0.717) is 17.8 Å². The van der Waals surface area contributed by atoms with E-state index < -0.39 is 47.0 Å². The summed E-state index contributed by atoms with van der Waals surface area (Å²) >= 11 is 0.355. The van der Waals surface area contributed by atoms with Crippen LogP contribution in [-0.4, -0.2) is 62.5 Å². The molecule has 0 rings (SSSR count). The summed E-state index contributed by atoms with van der Waals surface area (Å²) in [6.07, 6.45) is 10.1. The number of nitrogens with zero attached hydrogens (tertiary/aromatic N) is 1. The lowest BCUT2D eigenvalue weighted by Crippen LogP contribution is -2.43. The maximum atomic E-state index is 13.0. The Balaban J connectivity index is 5.23. The van der Waals surface area contributed by atoms with Crippen molar-refractivity contribution in [2.24, 2.45) is 0 Å². The van der Waals surface area contributed by atoms with Crippen LogP contribution >= 0.6 is 40.7 Å². The second-order valence-electron chi connectivity index (χ2n) is 8.28. The molecule has 0 aliphatic heterocycles. The van der Waals surface area contributed by atoms with Crippen LogP contribution in [0.3, 0.4) is 0 Å². The molecule has 0 fully saturated rings. The predicted octanol–water partition coefficient (Wildman–Crippen LogP) is 4.64. The van der Waals surface area contributed by atoms with Crippen LogP contribution in [0.5, 0.6) is 0 Å². The lowest BCUT2D eigenvalue weighted by Gasteiger charge is -2.38. The maximum absolute atomic E-state index is 13.0. The monoisotopic (exact) mass is 591 g/mol. The Labute approximate surface area is 206 Å². The first-order chi connectivity index (χ1) is 15.5. The van der Waals surface area contributed by atoms with Crippen LogP contribution in [0.2, 0.25) is 0 Å². The summed E-state index contributed by atoms with van der Waals surface area (Å²) < 4.78 is 48.8.